The smallest absolute Gasteiger partial charge is 0.261 e. The first-order valence-electron chi connectivity index (χ1n) is 13.1. The predicted molar refractivity (Wildman–Crippen MR) is 143 cm³/mol. The molecular formula is C31H35FN2O3. The summed E-state index contributed by atoms with van der Waals surface area (Å²) in [5.74, 6) is -0.224. The molecule has 1 fully saturated rings. The fourth-order valence-electron chi connectivity index (χ4n) is 4.75. The van der Waals surface area contributed by atoms with E-state index in [1.807, 2.05) is 61.5 Å². The number of halogens is 1. The van der Waals surface area contributed by atoms with Crippen molar-refractivity contribution < 1.29 is 18.7 Å². The standard InChI is InChI=1S/C31H35FN2O3/c1-23-12-18-28(19-13-23)37-22-30(35)34(21-25-14-16-26(32)17-15-25)29(20-24-8-4-2-5-9-24)31(36)33-27-10-6-3-7-11-27/h2,4-5,8-9,12-19,27,29H,3,6-7,10-11,20-22H2,1H3,(H,33,36)/t29-/m1/s1. The van der Waals surface area contributed by atoms with Crippen molar-refractivity contribution >= 4 is 11.8 Å². The van der Waals surface area contributed by atoms with Gasteiger partial charge in [-0.15, -0.1) is 0 Å². The third-order valence-corrected chi connectivity index (χ3v) is 6.87. The SMILES string of the molecule is Cc1ccc(OCC(=O)N(Cc2ccc(F)cc2)[C@H](Cc2ccccc2)C(=O)NC2CCCCC2)cc1. The molecule has 0 unspecified atom stereocenters. The molecule has 1 atom stereocenters. The van der Waals surface area contributed by atoms with E-state index in [1.165, 1.54) is 18.6 Å². The summed E-state index contributed by atoms with van der Waals surface area (Å²) < 4.78 is 19.4. The molecule has 0 heterocycles. The molecule has 194 valence electrons. The number of amides is 2. The third-order valence-electron chi connectivity index (χ3n) is 6.87. The number of hydrogen-bond donors (Lipinski definition) is 1. The van der Waals surface area contributed by atoms with Crippen molar-refractivity contribution in [2.75, 3.05) is 6.61 Å². The number of carbonyl (C=O) groups is 2. The minimum Gasteiger partial charge on any atom is -0.484 e. The Balaban J connectivity index is 1.59. The highest BCUT2D eigenvalue weighted by Crippen LogP contribution is 2.20. The molecule has 5 nitrogen and oxygen atoms in total. The van der Waals surface area contributed by atoms with Crippen LogP contribution < -0.4 is 10.1 Å². The molecule has 1 N–H and O–H groups in total. The molecule has 0 radical (unpaired) electrons. The lowest BCUT2D eigenvalue weighted by Crippen LogP contribution is -2.53. The van der Waals surface area contributed by atoms with Crippen molar-refractivity contribution in [3.05, 3.63) is 101 Å². The van der Waals surface area contributed by atoms with Crippen molar-refractivity contribution in [2.24, 2.45) is 0 Å². The van der Waals surface area contributed by atoms with Gasteiger partial charge in [0.25, 0.3) is 5.91 Å². The molecule has 6 heteroatoms. The number of rotatable bonds is 10. The van der Waals surface area contributed by atoms with Gasteiger partial charge in [-0.3, -0.25) is 9.59 Å². The second kappa shape index (κ2) is 13.0. The maximum absolute atomic E-state index is 13.7. The Hall–Kier alpha value is -3.67. The van der Waals surface area contributed by atoms with Gasteiger partial charge in [0.2, 0.25) is 5.91 Å². The molecule has 0 saturated heterocycles. The summed E-state index contributed by atoms with van der Waals surface area (Å²) in [7, 11) is 0. The van der Waals surface area contributed by atoms with Gasteiger partial charge in [-0.25, -0.2) is 4.39 Å². The molecule has 2 amide bonds. The van der Waals surface area contributed by atoms with E-state index in [0.29, 0.717) is 12.2 Å². The molecule has 37 heavy (non-hydrogen) atoms. The maximum atomic E-state index is 13.7. The highest BCUT2D eigenvalue weighted by molar-refractivity contribution is 5.88. The van der Waals surface area contributed by atoms with Crippen molar-refractivity contribution in [1.82, 2.24) is 10.2 Å². The lowest BCUT2D eigenvalue weighted by atomic mass is 9.94. The molecule has 0 bridgehead atoms. The van der Waals surface area contributed by atoms with E-state index in [1.54, 1.807) is 17.0 Å². The van der Waals surface area contributed by atoms with E-state index in [9.17, 15) is 14.0 Å². The first-order valence-corrected chi connectivity index (χ1v) is 13.1. The second-order valence-electron chi connectivity index (χ2n) is 9.80. The quantitative estimate of drug-likeness (QED) is 0.393. The van der Waals surface area contributed by atoms with Gasteiger partial charge in [0.05, 0.1) is 0 Å². The molecule has 1 aliphatic carbocycles. The largest absolute Gasteiger partial charge is 0.484 e. The average Bonchev–Trinajstić information content (AvgIpc) is 2.92. The van der Waals surface area contributed by atoms with Crippen LogP contribution in [0.5, 0.6) is 5.75 Å². The molecule has 1 saturated carbocycles. The Morgan fingerprint density at radius 1 is 0.919 bits per heavy atom. The van der Waals surface area contributed by atoms with E-state index in [2.05, 4.69) is 5.32 Å². The highest BCUT2D eigenvalue weighted by atomic mass is 19.1. The van der Waals surface area contributed by atoms with Crippen molar-refractivity contribution in [3.63, 3.8) is 0 Å². The lowest BCUT2D eigenvalue weighted by Gasteiger charge is -2.33. The van der Waals surface area contributed by atoms with Crippen LogP contribution in [0, 0.1) is 12.7 Å². The van der Waals surface area contributed by atoms with Crippen LogP contribution in [0.4, 0.5) is 4.39 Å². The normalized spacial score (nSPS) is 14.5. The monoisotopic (exact) mass is 502 g/mol. The van der Waals surface area contributed by atoms with Crippen LogP contribution in [0.15, 0.2) is 78.9 Å². The van der Waals surface area contributed by atoms with Crippen LogP contribution in [0.25, 0.3) is 0 Å². The predicted octanol–water partition coefficient (Wildman–Crippen LogP) is 5.60. The first-order chi connectivity index (χ1) is 18.0. The summed E-state index contributed by atoms with van der Waals surface area (Å²) in [5.41, 5.74) is 2.80. The van der Waals surface area contributed by atoms with Crippen molar-refractivity contribution in [3.8, 4) is 5.75 Å². The van der Waals surface area contributed by atoms with Crippen LogP contribution in [0.1, 0.15) is 48.8 Å². The number of benzene rings is 3. The van der Waals surface area contributed by atoms with Gasteiger partial charge in [0, 0.05) is 19.0 Å². The van der Waals surface area contributed by atoms with Crippen LogP contribution in [0.2, 0.25) is 0 Å². The molecule has 0 aliphatic heterocycles. The van der Waals surface area contributed by atoms with Crippen molar-refractivity contribution in [1.29, 1.82) is 0 Å². The van der Waals surface area contributed by atoms with Gasteiger partial charge in [-0.05, 0) is 55.2 Å². The highest BCUT2D eigenvalue weighted by Gasteiger charge is 2.32. The van der Waals surface area contributed by atoms with Gasteiger partial charge in [0.15, 0.2) is 6.61 Å². The second-order valence-corrected chi connectivity index (χ2v) is 9.80. The minimum absolute atomic E-state index is 0.117. The molecular weight excluding hydrogens is 467 g/mol. The number of nitrogens with zero attached hydrogens (tertiary/aromatic N) is 1. The molecule has 1 aliphatic rings. The Morgan fingerprint density at radius 3 is 2.27 bits per heavy atom. The van der Waals surface area contributed by atoms with E-state index in [0.717, 1.165) is 42.4 Å². The molecule has 0 spiro atoms. The zero-order valence-corrected chi connectivity index (χ0v) is 21.4. The number of aryl methyl sites for hydroxylation is 1. The maximum Gasteiger partial charge on any atom is 0.261 e. The Labute approximate surface area is 218 Å². The van der Waals surface area contributed by atoms with Crippen molar-refractivity contribution in [2.45, 2.75) is 64.1 Å². The summed E-state index contributed by atoms with van der Waals surface area (Å²) in [6, 6.07) is 22.6. The van der Waals surface area contributed by atoms with Gasteiger partial charge in [-0.1, -0.05) is 79.4 Å². The lowest BCUT2D eigenvalue weighted by molar-refractivity contribution is -0.143. The summed E-state index contributed by atoms with van der Waals surface area (Å²) in [6.45, 7) is 1.96. The minimum atomic E-state index is -0.733. The molecule has 3 aromatic rings. The van der Waals surface area contributed by atoms with E-state index < -0.39 is 6.04 Å². The van der Waals surface area contributed by atoms with Crippen LogP contribution >= 0.6 is 0 Å². The topological polar surface area (TPSA) is 58.6 Å². The van der Waals surface area contributed by atoms with Gasteiger partial charge < -0.3 is 15.0 Å². The molecule has 3 aromatic carbocycles. The summed E-state index contributed by atoms with van der Waals surface area (Å²) in [6.07, 6.45) is 5.65. The Bertz CT molecular complexity index is 1140. The summed E-state index contributed by atoms with van der Waals surface area (Å²) in [4.78, 5) is 28.9. The number of ether oxygens (including phenoxy) is 1. The Kier molecular flexibility index (Phi) is 9.30. The molecule has 4 rings (SSSR count). The zero-order valence-electron chi connectivity index (χ0n) is 21.4. The summed E-state index contributed by atoms with van der Waals surface area (Å²) in [5, 5.41) is 3.22. The number of hydrogen-bond acceptors (Lipinski definition) is 3. The van der Waals surface area contributed by atoms with Crippen LogP contribution in [-0.4, -0.2) is 35.4 Å². The average molecular weight is 503 g/mol. The third kappa shape index (κ3) is 7.91. The van der Waals surface area contributed by atoms with Crippen LogP contribution in [0.3, 0.4) is 0 Å². The van der Waals surface area contributed by atoms with Gasteiger partial charge >= 0.3 is 0 Å². The zero-order chi connectivity index (χ0) is 26.0. The Morgan fingerprint density at radius 2 is 1.59 bits per heavy atom. The number of nitrogens with one attached hydrogen (secondary N) is 1. The fourth-order valence-corrected chi connectivity index (χ4v) is 4.75. The fraction of sp³-hybridized carbons (Fsp3) is 0.355. The van der Waals surface area contributed by atoms with E-state index in [-0.39, 0.29) is 36.8 Å². The van der Waals surface area contributed by atoms with E-state index >= 15 is 0 Å². The van der Waals surface area contributed by atoms with Crippen LogP contribution in [-0.2, 0) is 22.6 Å². The van der Waals surface area contributed by atoms with E-state index in [4.69, 9.17) is 4.74 Å². The van der Waals surface area contributed by atoms with Gasteiger partial charge in [0.1, 0.15) is 17.6 Å². The van der Waals surface area contributed by atoms with Gasteiger partial charge in [-0.2, -0.15) is 0 Å². The number of carbonyl (C=O) groups excluding carboxylic acids is 2. The summed E-state index contributed by atoms with van der Waals surface area (Å²) >= 11 is 0. The first kappa shape index (κ1) is 26.4. The molecule has 0 aromatic heterocycles.